The summed E-state index contributed by atoms with van der Waals surface area (Å²) in [6.07, 6.45) is 2.68. The number of aryl methyl sites for hydroxylation is 2. The van der Waals surface area contributed by atoms with Gasteiger partial charge in [0, 0.05) is 0 Å². The molecule has 2 aromatic carbocycles. The van der Waals surface area contributed by atoms with Crippen molar-refractivity contribution >= 4 is 0 Å². The Labute approximate surface area is 138 Å². The van der Waals surface area contributed by atoms with E-state index in [2.05, 4.69) is 18.2 Å². The summed E-state index contributed by atoms with van der Waals surface area (Å²) in [6, 6.07) is 12.3. The average molecular weight is 315 g/mol. The fraction of sp³-hybridized carbons (Fsp3) is 0.368. The van der Waals surface area contributed by atoms with Crippen molar-refractivity contribution in [2.24, 2.45) is 5.73 Å². The zero-order valence-electron chi connectivity index (χ0n) is 14.1. The van der Waals surface area contributed by atoms with Crippen LogP contribution in [-0.2, 0) is 19.3 Å². The fourth-order valence-electron chi connectivity index (χ4n) is 2.69. The molecule has 4 nitrogen and oxygen atoms in total. The molecule has 0 amide bonds. The van der Waals surface area contributed by atoms with Crippen LogP contribution in [0.4, 0.5) is 0 Å². The second-order valence-corrected chi connectivity index (χ2v) is 5.37. The van der Waals surface area contributed by atoms with E-state index in [0.717, 1.165) is 36.5 Å². The number of methoxy groups -OCH3 is 3. The number of ether oxygens (including phenoxy) is 3. The van der Waals surface area contributed by atoms with E-state index in [1.165, 1.54) is 16.7 Å². The minimum Gasteiger partial charge on any atom is -0.497 e. The molecule has 2 N–H and O–H groups in total. The molecule has 0 bridgehead atoms. The molecule has 0 aliphatic heterocycles. The largest absolute Gasteiger partial charge is 0.497 e. The van der Waals surface area contributed by atoms with Crippen LogP contribution in [0, 0.1) is 0 Å². The van der Waals surface area contributed by atoms with Gasteiger partial charge in [-0.1, -0.05) is 12.1 Å². The van der Waals surface area contributed by atoms with Crippen molar-refractivity contribution in [1.29, 1.82) is 0 Å². The highest BCUT2D eigenvalue weighted by molar-refractivity contribution is 5.48. The van der Waals surface area contributed by atoms with E-state index in [-0.39, 0.29) is 0 Å². The molecular weight excluding hydrogens is 290 g/mol. The van der Waals surface area contributed by atoms with Gasteiger partial charge in [-0.15, -0.1) is 0 Å². The van der Waals surface area contributed by atoms with Crippen molar-refractivity contribution in [2.75, 3.05) is 27.9 Å². The van der Waals surface area contributed by atoms with Crippen molar-refractivity contribution in [2.45, 2.75) is 19.3 Å². The van der Waals surface area contributed by atoms with Gasteiger partial charge < -0.3 is 19.9 Å². The number of nitrogens with two attached hydrogens (primary N) is 1. The molecule has 0 spiro atoms. The zero-order valence-corrected chi connectivity index (χ0v) is 14.1. The molecule has 2 aromatic rings. The molecule has 23 heavy (non-hydrogen) atoms. The summed E-state index contributed by atoms with van der Waals surface area (Å²) in [4.78, 5) is 0. The van der Waals surface area contributed by atoms with Gasteiger partial charge >= 0.3 is 0 Å². The van der Waals surface area contributed by atoms with Crippen LogP contribution in [0.3, 0.4) is 0 Å². The maximum atomic E-state index is 5.75. The lowest BCUT2D eigenvalue weighted by atomic mass is 9.97. The van der Waals surface area contributed by atoms with Crippen LogP contribution in [0.1, 0.15) is 16.7 Å². The Kier molecular flexibility index (Phi) is 6.29. The maximum absolute atomic E-state index is 5.75. The molecule has 0 fully saturated rings. The highest BCUT2D eigenvalue weighted by Crippen LogP contribution is 2.31. The van der Waals surface area contributed by atoms with Crippen LogP contribution in [0.15, 0.2) is 36.4 Å². The first kappa shape index (κ1) is 17.2. The lowest BCUT2D eigenvalue weighted by Crippen LogP contribution is -2.07. The predicted octanol–water partition coefficient (Wildman–Crippen LogP) is 3.00. The molecule has 0 heterocycles. The number of hydrogen-bond donors (Lipinski definition) is 1. The molecular formula is C19H25NO3. The molecule has 0 radical (unpaired) electrons. The number of hydrogen-bond acceptors (Lipinski definition) is 4. The zero-order chi connectivity index (χ0) is 16.7. The Morgan fingerprint density at radius 1 is 0.783 bits per heavy atom. The lowest BCUT2D eigenvalue weighted by Gasteiger charge is -2.15. The first-order chi connectivity index (χ1) is 11.2. The molecule has 0 aliphatic rings. The van der Waals surface area contributed by atoms with E-state index in [9.17, 15) is 0 Å². The topological polar surface area (TPSA) is 53.7 Å². The van der Waals surface area contributed by atoms with Gasteiger partial charge in [0.15, 0.2) is 11.5 Å². The standard InChI is InChI=1S/C19H25NO3/c1-21-17-6-4-5-14(11-17)7-8-15-12-18(22-2)19(23-3)13-16(15)9-10-20/h4-6,11-13H,7-10,20H2,1-3H3. The van der Waals surface area contributed by atoms with Crippen LogP contribution >= 0.6 is 0 Å². The Bertz CT molecular complexity index is 641. The van der Waals surface area contributed by atoms with Gasteiger partial charge in [0.1, 0.15) is 5.75 Å². The van der Waals surface area contributed by atoms with Gasteiger partial charge in [-0.05, 0) is 66.8 Å². The van der Waals surface area contributed by atoms with Gasteiger partial charge in [-0.3, -0.25) is 0 Å². The van der Waals surface area contributed by atoms with E-state index >= 15 is 0 Å². The minimum absolute atomic E-state index is 0.613. The van der Waals surface area contributed by atoms with Gasteiger partial charge in [-0.2, -0.15) is 0 Å². The van der Waals surface area contributed by atoms with E-state index < -0.39 is 0 Å². The summed E-state index contributed by atoms with van der Waals surface area (Å²) in [5.41, 5.74) is 9.46. The summed E-state index contributed by atoms with van der Waals surface area (Å²) in [7, 11) is 5.00. The maximum Gasteiger partial charge on any atom is 0.161 e. The Balaban J connectivity index is 2.22. The highest BCUT2D eigenvalue weighted by atomic mass is 16.5. The van der Waals surface area contributed by atoms with Gasteiger partial charge in [0.2, 0.25) is 0 Å². The summed E-state index contributed by atoms with van der Waals surface area (Å²) in [6.45, 7) is 0.613. The molecule has 0 unspecified atom stereocenters. The smallest absolute Gasteiger partial charge is 0.161 e. The quantitative estimate of drug-likeness (QED) is 0.813. The second kappa shape index (κ2) is 8.44. The molecule has 0 aromatic heterocycles. The third-order valence-electron chi connectivity index (χ3n) is 3.94. The molecule has 124 valence electrons. The van der Waals surface area contributed by atoms with Crippen LogP contribution in [0.2, 0.25) is 0 Å². The minimum atomic E-state index is 0.613. The number of benzene rings is 2. The SMILES string of the molecule is COc1cccc(CCc2cc(OC)c(OC)cc2CCN)c1. The van der Waals surface area contributed by atoms with E-state index in [1.54, 1.807) is 21.3 Å². The molecule has 0 atom stereocenters. The molecule has 0 aliphatic carbocycles. The summed E-state index contributed by atoms with van der Waals surface area (Å²) in [5.74, 6) is 2.40. The van der Waals surface area contributed by atoms with Crippen molar-refractivity contribution in [3.05, 3.63) is 53.1 Å². The van der Waals surface area contributed by atoms with Crippen molar-refractivity contribution < 1.29 is 14.2 Å². The summed E-state index contributed by atoms with van der Waals surface area (Å²) >= 11 is 0. The molecule has 0 saturated heterocycles. The van der Waals surface area contributed by atoms with E-state index in [4.69, 9.17) is 19.9 Å². The predicted molar refractivity (Wildman–Crippen MR) is 92.7 cm³/mol. The Morgan fingerprint density at radius 3 is 2.00 bits per heavy atom. The van der Waals surface area contributed by atoms with E-state index in [0.29, 0.717) is 6.54 Å². The monoisotopic (exact) mass is 315 g/mol. The van der Waals surface area contributed by atoms with Crippen LogP contribution in [0.5, 0.6) is 17.2 Å². The highest BCUT2D eigenvalue weighted by Gasteiger charge is 2.11. The van der Waals surface area contributed by atoms with Gasteiger partial charge in [-0.25, -0.2) is 0 Å². The third-order valence-corrected chi connectivity index (χ3v) is 3.94. The van der Waals surface area contributed by atoms with Crippen molar-refractivity contribution in [1.82, 2.24) is 0 Å². The molecule has 0 saturated carbocycles. The van der Waals surface area contributed by atoms with Crippen LogP contribution in [-0.4, -0.2) is 27.9 Å². The fourth-order valence-corrected chi connectivity index (χ4v) is 2.69. The van der Waals surface area contributed by atoms with Crippen LogP contribution in [0.25, 0.3) is 0 Å². The third kappa shape index (κ3) is 4.39. The van der Waals surface area contributed by atoms with Crippen molar-refractivity contribution in [3.63, 3.8) is 0 Å². The Morgan fingerprint density at radius 2 is 1.43 bits per heavy atom. The summed E-state index contributed by atoms with van der Waals surface area (Å²) in [5, 5.41) is 0. The first-order valence-corrected chi connectivity index (χ1v) is 7.78. The lowest BCUT2D eigenvalue weighted by molar-refractivity contribution is 0.354. The van der Waals surface area contributed by atoms with Crippen LogP contribution < -0.4 is 19.9 Å². The second-order valence-electron chi connectivity index (χ2n) is 5.37. The van der Waals surface area contributed by atoms with Gasteiger partial charge in [0.25, 0.3) is 0 Å². The average Bonchev–Trinajstić information content (AvgIpc) is 2.60. The Hall–Kier alpha value is -2.20. The first-order valence-electron chi connectivity index (χ1n) is 7.78. The normalized spacial score (nSPS) is 10.4. The molecule has 4 heteroatoms. The van der Waals surface area contributed by atoms with Crippen molar-refractivity contribution in [3.8, 4) is 17.2 Å². The van der Waals surface area contributed by atoms with Gasteiger partial charge in [0.05, 0.1) is 21.3 Å². The number of rotatable bonds is 8. The molecule has 2 rings (SSSR count). The summed E-state index contributed by atoms with van der Waals surface area (Å²) < 4.78 is 16.1. The van der Waals surface area contributed by atoms with E-state index in [1.807, 2.05) is 18.2 Å².